The monoisotopic (exact) mass is 512 g/mol. The second-order valence-corrected chi connectivity index (χ2v) is 9.35. The van der Waals surface area contributed by atoms with Crippen molar-refractivity contribution >= 4 is 23.1 Å². The predicted octanol–water partition coefficient (Wildman–Crippen LogP) is 6.25. The number of halogens is 4. The largest absolute Gasteiger partial charge is 0.497 e. The third kappa shape index (κ3) is 5.82. The van der Waals surface area contributed by atoms with Crippen molar-refractivity contribution in [1.82, 2.24) is 5.32 Å². The molecule has 2 N–H and O–H groups in total. The number of allylic oxidation sites excluding steroid dienone is 1. The van der Waals surface area contributed by atoms with Crippen LogP contribution in [0.2, 0.25) is 0 Å². The van der Waals surface area contributed by atoms with E-state index in [0.717, 1.165) is 17.5 Å². The van der Waals surface area contributed by atoms with Gasteiger partial charge in [-0.25, -0.2) is 4.39 Å². The lowest BCUT2D eigenvalue weighted by Gasteiger charge is -2.35. The summed E-state index contributed by atoms with van der Waals surface area (Å²) >= 11 is 0. The highest BCUT2D eigenvalue weighted by atomic mass is 19.4. The lowest BCUT2D eigenvalue weighted by Crippen LogP contribution is -2.43. The number of hydrogen-bond acceptors (Lipinski definition) is 4. The van der Waals surface area contributed by atoms with Crippen molar-refractivity contribution in [3.8, 4) is 5.75 Å². The Morgan fingerprint density at radius 1 is 1.03 bits per heavy atom. The number of anilines is 1. The van der Waals surface area contributed by atoms with Gasteiger partial charge in [-0.3, -0.25) is 9.59 Å². The van der Waals surface area contributed by atoms with Gasteiger partial charge < -0.3 is 15.4 Å². The highest BCUT2D eigenvalue weighted by molar-refractivity contribution is 6.09. The molecule has 0 saturated heterocycles. The van der Waals surface area contributed by atoms with Crippen LogP contribution in [0.1, 0.15) is 51.3 Å². The van der Waals surface area contributed by atoms with E-state index in [0.29, 0.717) is 35.2 Å². The Balaban J connectivity index is 1.56. The Morgan fingerprint density at radius 3 is 2.38 bits per heavy atom. The van der Waals surface area contributed by atoms with Crippen molar-refractivity contribution in [2.75, 3.05) is 12.4 Å². The number of ketones is 1. The van der Waals surface area contributed by atoms with Gasteiger partial charge in [0.05, 0.1) is 18.2 Å². The molecule has 1 amide bonds. The van der Waals surface area contributed by atoms with E-state index < -0.39 is 29.0 Å². The number of methoxy groups -OCH3 is 1. The quantitative estimate of drug-likeness (QED) is 0.241. The van der Waals surface area contributed by atoms with Crippen LogP contribution in [0.25, 0.3) is 5.70 Å². The molecule has 192 valence electrons. The van der Waals surface area contributed by atoms with Crippen LogP contribution in [-0.2, 0) is 12.6 Å². The van der Waals surface area contributed by atoms with E-state index in [1.54, 1.807) is 7.11 Å². The van der Waals surface area contributed by atoms with E-state index in [1.165, 1.54) is 30.3 Å². The molecule has 1 aliphatic rings. The third-order valence-corrected chi connectivity index (χ3v) is 5.95. The number of carbonyl (C=O) groups is 2. The molecule has 1 heterocycles. The van der Waals surface area contributed by atoms with Gasteiger partial charge in [0.25, 0.3) is 5.91 Å². The summed E-state index contributed by atoms with van der Waals surface area (Å²) in [5.74, 6) is -1.74. The second kappa shape index (κ2) is 9.72. The number of benzene rings is 3. The van der Waals surface area contributed by atoms with Gasteiger partial charge in [-0.15, -0.1) is 0 Å². The Kier molecular flexibility index (Phi) is 6.82. The Hall–Kier alpha value is -4.14. The fraction of sp³-hybridized carbons (Fsp3) is 0.214. The summed E-state index contributed by atoms with van der Waals surface area (Å²) in [6, 6.07) is 13.1. The number of rotatable bonds is 5. The summed E-state index contributed by atoms with van der Waals surface area (Å²) in [7, 11) is 1.56. The lowest BCUT2D eigenvalue weighted by molar-refractivity contribution is -0.137. The topological polar surface area (TPSA) is 67.4 Å². The van der Waals surface area contributed by atoms with Crippen LogP contribution in [0.4, 0.5) is 23.2 Å². The number of amides is 1. The molecule has 1 aliphatic heterocycles. The number of fused-ring (bicyclic) bond motifs is 1. The molecule has 9 heteroatoms. The molecular weight excluding hydrogens is 488 g/mol. The maximum absolute atomic E-state index is 13.5. The van der Waals surface area contributed by atoms with Gasteiger partial charge in [0.15, 0.2) is 5.78 Å². The van der Waals surface area contributed by atoms with Gasteiger partial charge in [0.1, 0.15) is 11.6 Å². The number of alkyl halides is 3. The van der Waals surface area contributed by atoms with Gasteiger partial charge in [0.2, 0.25) is 0 Å². The van der Waals surface area contributed by atoms with Crippen LogP contribution < -0.4 is 15.4 Å². The van der Waals surface area contributed by atoms with Crippen molar-refractivity contribution < 1.29 is 31.9 Å². The molecule has 0 bridgehead atoms. The molecule has 0 aliphatic carbocycles. The minimum Gasteiger partial charge on any atom is -0.497 e. The molecule has 0 fully saturated rings. The van der Waals surface area contributed by atoms with Gasteiger partial charge in [-0.05, 0) is 80.4 Å². The van der Waals surface area contributed by atoms with Crippen LogP contribution >= 0.6 is 0 Å². The maximum atomic E-state index is 13.5. The Morgan fingerprint density at radius 2 is 1.73 bits per heavy atom. The molecule has 3 aromatic rings. The molecular formula is C28H24F4N2O3. The van der Waals surface area contributed by atoms with Gasteiger partial charge in [-0.1, -0.05) is 6.07 Å². The van der Waals surface area contributed by atoms with E-state index >= 15 is 0 Å². The van der Waals surface area contributed by atoms with Crippen LogP contribution in [0, 0.1) is 5.82 Å². The summed E-state index contributed by atoms with van der Waals surface area (Å²) < 4.78 is 58.6. The first-order valence-electron chi connectivity index (χ1n) is 11.4. The fourth-order valence-electron chi connectivity index (χ4n) is 4.24. The van der Waals surface area contributed by atoms with Crippen LogP contribution in [0.5, 0.6) is 5.75 Å². The summed E-state index contributed by atoms with van der Waals surface area (Å²) in [6.45, 7) is 4.05. The molecule has 3 aromatic carbocycles. The van der Waals surface area contributed by atoms with Crippen molar-refractivity contribution in [2.45, 2.75) is 32.0 Å². The molecule has 0 atom stereocenters. The number of carbonyl (C=O) groups excluding carboxylic acids is 2. The summed E-state index contributed by atoms with van der Waals surface area (Å²) in [5, 5.41) is 5.71. The SMILES string of the molecule is COc1ccc2c(c1)C(=CC(=O)c1ccc(NC(=O)c3cc(F)ccc3C(F)(F)F)cc1)NC(C)(C)C2. The zero-order chi connectivity index (χ0) is 27.0. The predicted molar refractivity (Wildman–Crippen MR) is 132 cm³/mol. The van der Waals surface area contributed by atoms with Crippen molar-refractivity contribution in [3.05, 3.63) is 100 Å². The third-order valence-electron chi connectivity index (χ3n) is 5.95. The van der Waals surface area contributed by atoms with Gasteiger partial charge in [0, 0.05) is 34.1 Å². The Bertz CT molecular complexity index is 1390. The zero-order valence-corrected chi connectivity index (χ0v) is 20.3. The molecule has 0 unspecified atom stereocenters. The average molecular weight is 513 g/mol. The molecule has 0 radical (unpaired) electrons. The highest BCUT2D eigenvalue weighted by Crippen LogP contribution is 2.34. The van der Waals surface area contributed by atoms with E-state index in [2.05, 4.69) is 10.6 Å². The smallest absolute Gasteiger partial charge is 0.417 e. The van der Waals surface area contributed by atoms with E-state index in [4.69, 9.17) is 4.74 Å². The number of nitrogens with one attached hydrogen (secondary N) is 2. The van der Waals surface area contributed by atoms with Crippen LogP contribution in [0.3, 0.4) is 0 Å². The molecule has 4 rings (SSSR count). The van der Waals surface area contributed by atoms with E-state index in [9.17, 15) is 27.2 Å². The van der Waals surface area contributed by atoms with Crippen LogP contribution in [0.15, 0.2) is 66.7 Å². The first kappa shape index (κ1) is 25.9. The lowest BCUT2D eigenvalue weighted by atomic mass is 9.85. The molecule has 0 aromatic heterocycles. The zero-order valence-electron chi connectivity index (χ0n) is 20.3. The van der Waals surface area contributed by atoms with Crippen molar-refractivity contribution in [1.29, 1.82) is 0 Å². The van der Waals surface area contributed by atoms with Gasteiger partial charge in [-0.2, -0.15) is 13.2 Å². The average Bonchev–Trinajstić information content (AvgIpc) is 2.82. The first-order valence-corrected chi connectivity index (χ1v) is 11.4. The van der Waals surface area contributed by atoms with Crippen LogP contribution in [-0.4, -0.2) is 24.3 Å². The second-order valence-electron chi connectivity index (χ2n) is 9.35. The molecule has 37 heavy (non-hydrogen) atoms. The standard InChI is InChI=1S/C28H24F4N2O3/c1-27(2)15-17-6-10-20(37-3)13-21(17)24(34-27)14-25(35)16-4-8-19(9-5-16)33-26(36)22-12-18(29)7-11-23(22)28(30,31)32/h4-14,34H,15H2,1-3H3,(H,33,36). The molecule has 0 spiro atoms. The Labute approximate surface area is 211 Å². The van der Waals surface area contributed by atoms with Crippen molar-refractivity contribution in [2.24, 2.45) is 0 Å². The summed E-state index contributed by atoms with van der Waals surface area (Å²) in [5.41, 5.74) is 0.651. The van der Waals surface area contributed by atoms with Crippen molar-refractivity contribution in [3.63, 3.8) is 0 Å². The minimum absolute atomic E-state index is 0.151. The van der Waals surface area contributed by atoms with E-state index in [-0.39, 0.29) is 17.0 Å². The fourth-order valence-corrected chi connectivity index (χ4v) is 4.24. The summed E-state index contributed by atoms with van der Waals surface area (Å²) in [6.07, 6.45) is -2.59. The summed E-state index contributed by atoms with van der Waals surface area (Å²) in [4.78, 5) is 25.5. The maximum Gasteiger partial charge on any atom is 0.417 e. The number of hydrogen-bond donors (Lipinski definition) is 2. The normalized spacial score (nSPS) is 15.5. The minimum atomic E-state index is -4.82. The highest BCUT2D eigenvalue weighted by Gasteiger charge is 2.35. The molecule has 0 saturated carbocycles. The molecule has 5 nitrogen and oxygen atoms in total. The van der Waals surface area contributed by atoms with E-state index in [1.807, 2.05) is 32.0 Å². The van der Waals surface area contributed by atoms with Gasteiger partial charge >= 0.3 is 6.18 Å². The first-order chi connectivity index (χ1) is 17.4. The number of ether oxygens (including phenoxy) is 1.